The third kappa shape index (κ3) is 11.7. The van der Waals surface area contributed by atoms with Gasteiger partial charge in [-0.25, -0.2) is 4.79 Å². The van der Waals surface area contributed by atoms with Crippen LogP contribution in [-0.4, -0.2) is 69.8 Å². The summed E-state index contributed by atoms with van der Waals surface area (Å²) in [6, 6.07) is 25.8. The summed E-state index contributed by atoms with van der Waals surface area (Å²) >= 11 is 1.40. The molecule has 0 fully saturated rings. The largest absolute Gasteiger partial charge is 0.480 e. The van der Waals surface area contributed by atoms with Crippen LogP contribution in [0.1, 0.15) is 34.4 Å². The molecule has 2 aromatic heterocycles. The zero-order chi connectivity index (χ0) is 40.1. The van der Waals surface area contributed by atoms with Crippen LogP contribution < -0.4 is 26.6 Å². The van der Waals surface area contributed by atoms with Gasteiger partial charge in [0.1, 0.15) is 24.2 Å². The first kappa shape index (κ1) is 40.0. The van der Waals surface area contributed by atoms with Crippen LogP contribution >= 0.6 is 11.3 Å². The van der Waals surface area contributed by atoms with Gasteiger partial charge < -0.3 is 31.7 Å². The van der Waals surface area contributed by atoms with E-state index in [2.05, 4.69) is 31.6 Å². The minimum Gasteiger partial charge on any atom is -0.480 e. The maximum Gasteiger partial charge on any atom is 0.326 e. The van der Waals surface area contributed by atoms with Crippen LogP contribution in [0.15, 0.2) is 121 Å². The minimum absolute atomic E-state index is 0.0152. The van der Waals surface area contributed by atoms with E-state index in [1.807, 2.05) is 72.1 Å². The lowest BCUT2D eigenvalue weighted by Crippen LogP contribution is -2.59. The van der Waals surface area contributed by atoms with Gasteiger partial charge in [-0.05, 0) is 57.5 Å². The van der Waals surface area contributed by atoms with E-state index >= 15 is 0 Å². The minimum atomic E-state index is -1.37. The summed E-state index contributed by atoms with van der Waals surface area (Å²) < 4.78 is 0. The van der Waals surface area contributed by atoms with Gasteiger partial charge in [0, 0.05) is 61.5 Å². The highest BCUT2D eigenvalue weighted by Gasteiger charge is 2.32. The second-order valence-electron chi connectivity index (χ2n) is 13.7. The summed E-state index contributed by atoms with van der Waals surface area (Å²) in [5.41, 5.74) is 4.25. The van der Waals surface area contributed by atoms with Crippen molar-refractivity contribution in [3.63, 3.8) is 0 Å². The molecule has 3 aromatic carbocycles. The fourth-order valence-electron chi connectivity index (χ4n) is 6.41. The van der Waals surface area contributed by atoms with Crippen molar-refractivity contribution in [3.05, 3.63) is 142 Å². The van der Waals surface area contributed by atoms with Crippen LogP contribution in [0.2, 0.25) is 0 Å². The maximum atomic E-state index is 14.4. The number of benzene rings is 3. The van der Waals surface area contributed by atoms with Crippen molar-refractivity contribution in [2.45, 2.75) is 62.7 Å². The highest BCUT2D eigenvalue weighted by atomic mass is 32.1. The number of nitrogens with one attached hydrogen (secondary N) is 5. The second kappa shape index (κ2) is 19.3. The monoisotopic (exact) mass is 786 g/mol. The Hall–Kier alpha value is -6.67. The zero-order valence-corrected chi connectivity index (χ0v) is 31.7. The van der Waals surface area contributed by atoms with Crippen LogP contribution in [0.4, 0.5) is 5.69 Å². The molecule has 0 spiro atoms. The molecule has 2 aliphatic rings. The fourth-order valence-corrected chi connectivity index (χ4v) is 7.16. The molecule has 2 bridgehead atoms. The molecule has 14 heteroatoms. The molecule has 5 amide bonds. The number of carboxylic acids is 1. The average molecular weight is 787 g/mol. The average Bonchev–Trinajstić information content (AvgIpc) is 3.73. The standard InChI is InChI=1S/C43H42N6O7S/c50-38-18-19-39(51)46-36(25-33-9-5-21-57-33)42(54)47-34(22-27-10-14-31(15-11-27)30-7-2-1-3-8-30)40(52)48-35(24-29-6-4-20-44-26-29)41(53)49-37(43(55)56)23-28-12-16-32(45-38)17-13-28/h1-17,20-21,26,34-37H,18-19,22-25H2,(H,45,50)(H,46,51)(H,47,54)(H,48,52)(H,49,53)(H,55,56)/t34-,35-,36+,37+/m0/s1. The molecule has 0 aliphatic carbocycles. The highest BCUT2D eigenvalue weighted by Crippen LogP contribution is 2.20. The Morgan fingerprint density at radius 3 is 1.89 bits per heavy atom. The first-order chi connectivity index (χ1) is 27.6. The van der Waals surface area contributed by atoms with Crippen molar-refractivity contribution in [3.8, 4) is 11.1 Å². The predicted octanol–water partition coefficient (Wildman–Crippen LogP) is 3.84. The predicted molar refractivity (Wildman–Crippen MR) is 215 cm³/mol. The van der Waals surface area contributed by atoms with E-state index < -0.39 is 59.7 Å². The Bertz CT molecular complexity index is 2170. The number of thiophene rings is 1. The number of carbonyl (C=O) groups excluding carboxylic acids is 5. The number of carboxylic acid groups (broad SMARTS) is 1. The summed E-state index contributed by atoms with van der Waals surface area (Å²) in [5, 5.41) is 25.7. The smallest absolute Gasteiger partial charge is 0.326 e. The highest BCUT2D eigenvalue weighted by molar-refractivity contribution is 7.09. The van der Waals surface area contributed by atoms with Crippen molar-refractivity contribution in [1.29, 1.82) is 0 Å². The molecule has 13 nitrogen and oxygen atoms in total. The third-order valence-corrected chi connectivity index (χ3v) is 10.3. The molecular formula is C43H42N6O7S. The van der Waals surface area contributed by atoms with E-state index in [1.54, 1.807) is 48.8 Å². The number of fused-ring (bicyclic) bond motifs is 18. The molecule has 0 radical (unpaired) electrons. The van der Waals surface area contributed by atoms with Crippen molar-refractivity contribution >= 4 is 52.5 Å². The molecule has 57 heavy (non-hydrogen) atoms. The third-order valence-electron chi connectivity index (χ3n) is 9.44. The van der Waals surface area contributed by atoms with Gasteiger partial charge >= 0.3 is 5.97 Å². The lowest BCUT2D eigenvalue weighted by molar-refractivity contribution is -0.142. The summed E-state index contributed by atoms with van der Waals surface area (Å²) in [6.07, 6.45) is 2.74. The van der Waals surface area contributed by atoms with Crippen molar-refractivity contribution in [2.24, 2.45) is 0 Å². The van der Waals surface area contributed by atoms with E-state index in [0.717, 1.165) is 16.0 Å². The van der Waals surface area contributed by atoms with Gasteiger partial charge in [0.05, 0.1) is 0 Å². The second-order valence-corrected chi connectivity index (χ2v) is 14.7. The molecule has 6 N–H and O–H groups in total. The Kier molecular flexibility index (Phi) is 13.5. The first-order valence-corrected chi connectivity index (χ1v) is 19.4. The summed E-state index contributed by atoms with van der Waals surface area (Å²) in [5.74, 6) is -4.36. The van der Waals surface area contributed by atoms with Crippen LogP contribution in [0.5, 0.6) is 0 Å². The van der Waals surface area contributed by atoms with Crippen LogP contribution in [0.25, 0.3) is 11.1 Å². The molecule has 5 aromatic rings. The van der Waals surface area contributed by atoms with Gasteiger partial charge in [0.25, 0.3) is 0 Å². The lowest BCUT2D eigenvalue weighted by Gasteiger charge is -2.26. The molecule has 2 aliphatic heterocycles. The number of pyridine rings is 1. The number of rotatable bonds is 8. The van der Waals surface area contributed by atoms with Crippen molar-refractivity contribution in [1.82, 2.24) is 26.3 Å². The van der Waals surface area contributed by atoms with Gasteiger partial charge in [-0.1, -0.05) is 78.9 Å². The lowest BCUT2D eigenvalue weighted by atomic mass is 9.99. The molecular weight excluding hydrogens is 745 g/mol. The number of amides is 5. The number of anilines is 1. The first-order valence-electron chi connectivity index (χ1n) is 18.5. The summed E-state index contributed by atoms with van der Waals surface area (Å²) in [7, 11) is 0. The molecule has 4 heterocycles. The normalized spacial score (nSPS) is 19.9. The molecule has 7 rings (SSSR count). The topological polar surface area (TPSA) is 196 Å². The molecule has 0 saturated heterocycles. The number of carbonyl (C=O) groups is 6. The van der Waals surface area contributed by atoms with Gasteiger partial charge in [-0.15, -0.1) is 11.3 Å². The maximum absolute atomic E-state index is 14.4. The van der Waals surface area contributed by atoms with Gasteiger partial charge in [-0.3, -0.25) is 29.0 Å². The Morgan fingerprint density at radius 1 is 0.632 bits per heavy atom. The zero-order valence-electron chi connectivity index (χ0n) is 30.9. The van der Waals surface area contributed by atoms with E-state index in [-0.39, 0.29) is 38.5 Å². The van der Waals surface area contributed by atoms with Crippen molar-refractivity contribution in [2.75, 3.05) is 5.32 Å². The molecule has 0 saturated carbocycles. The number of aliphatic carboxylic acids is 1. The van der Waals surface area contributed by atoms with E-state index in [9.17, 15) is 33.9 Å². The molecule has 0 unspecified atom stereocenters. The number of aromatic nitrogens is 1. The van der Waals surface area contributed by atoms with Crippen LogP contribution in [-0.2, 0) is 54.5 Å². The Labute approximate surface area is 333 Å². The van der Waals surface area contributed by atoms with Gasteiger partial charge in [-0.2, -0.15) is 0 Å². The Morgan fingerprint density at radius 2 is 1.26 bits per heavy atom. The quantitative estimate of drug-likeness (QED) is 0.128. The van der Waals surface area contributed by atoms with Crippen LogP contribution in [0.3, 0.4) is 0 Å². The molecule has 4 atom stereocenters. The van der Waals surface area contributed by atoms with Gasteiger partial charge in [0.15, 0.2) is 0 Å². The number of hydrogen-bond donors (Lipinski definition) is 6. The summed E-state index contributed by atoms with van der Waals surface area (Å²) in [6.45, 7) is 0. The van der Waals surface area contributed by atoms with E-state index in [0.29, 0.717) is 22.4 Å². The van der Waals surface area contributed by atoms with E-state index in [1.165, 1.54) is 11.3 Å². The molecule has 292 valence electrons. The van der Waals surface area contributed by atoms with Crippen LogP contribution in [0, 0.1) is 0 Å². The summed E-state index contributed by atoms with van der Waals surface area (Å²) in [4.78, 5) is 85.9. The van der Waals surface area contributed by atoms with E-state index in [4.69, 9.17) is 0 Å². The Balaban J connectivity index is 1.34. The fraction of sp³-hybridized carbons (Fsp3) is 0.233. The van der Waals surface area contributed by atoms with Gasteiger partial charge in [0.2, 0.25) is 29.5 Å². The van der Waals surface area contributed by atoms with Crippen molar-refractivity contribution < 1.29 is 33.9 Å². The SMILES string of the molecule is O=C1CCC(=O)N[C@H](Cc2cccs2)C(=O)N[C@@H](Cc2ccc(-c3ccccc3)cc2)C(=O)N[C@@H](Cc2cccnc2)C(=O)N[C@@H](C(=O)O)Cc2ccc(cc2)N1. The number of nitrogens with zero attached hydrogens (tertiary/aromatic N) is 1. The number of hydrogen-bond acceptors (Lipinski definition) is 8.